The van der Waals surface area contributed by atoms with E-state index in [9.17, 15) is 9.90 Å². The zero-order chi connectivity index (χ0) is 14.1. The van der Waals surface area contributed by atoms with E-state index >= 15 is 0 Å². The van der Waals surface area contributed by atoms with E-state index < -0.39 is 0 Å². The molecule has 104 valence electrons. The fourth-order valence-corrected chi connectivity index (χ4v) is 2.70. The summed E-state index contributed by atoms with van der Waals surface area (Å²) in [5, 5.41) is 9.63. The minimum atomic E-state index is -0.375. The van der Waals surface area contributed by atoms with Gasteiger partial charge in [-0.2, -0.15) is 0 Å². The summed E-state index contributed by atoms with van der Waals surface area (Å²) in [6.07, 6.45) is 3.69. The monoisotopic (exact) mass is 271 g/mol. The van der Waals surface area contributed by atoms with Gasteiger partial charge in [0.15, 0.2) is 0 Å². The maximum Gasteiger partial charge on any atom is 0.256 e. The second kappa shape index (κ2) is 5.17. The number of likely N-dealkylation sites (tertiary alicyclic amines) is 1. The summed E-state index contributed by atoms with van der Waals surface area (Å²) in [7, 11) is 0. The average Bonchev–Trinajstić information content (AvgIpc) is 2.96. The van der Waals surface area contributed by atoms with Gasteiger partial charge in [-0.15, -0.1) is 0 Å². The molecule has 2 heterocycles. The van der Waals surface area contributed by atoms with Crippen molar-refractivity contribution in [3.63, 3.8) is 0 Å². The van der Waals surface area contributed by atoms with Gasteiger partial charge in [-0.25, -0.2) is 0 Å². The molecule has 5 nitrogen and oxygen atoms in total. The largest absolute Gasteiger partial charge is 0.393 e. The number of nitrogens with zero attached hydrogens (tertiary/aromatic N) is 3. The van der Waals surface area contributed by atoms with Gasteiger partial charge in [0.25, 0.3) is 5.91 Å². The minimum Gasteiger partial charge on any atom is -0.393 e. The number of hydrogen-bond donors (Lipinski definition) is 1. The van der Waals surface area contributed by atoms with E-state index in [0.29, 0.717) is 24.2 Å². The molecule has 20 heavy (non-hydrogen) atoms. The number of aromatic nitrogens is 2. The predicted molar refractivity (Wildman–Crippen MR) is 75.2 cm³/mol. The van der Waals surface area contributed by atoms with Crippen LogP contribution in [0.3, 0.4) is 0 Å². The Morgan fingerprint density at radius 3 is 2.95 bits per heavy atom. The molecule has 0 spiro atoms. The molecule has 1 aromatic heterocycles. The Hall–Kier alpha value is -2.01. The number of benzene rings is 1. The highest BCUT2D eigenvalue weighted by Gasteiger charge is 2.30. The van der Waals surface area contributed by atoms with Crippen LogP contribution in [0.25, 0.3) is 11.0 Å². The van der Waals surface area contributed by atoms with Gasteiger partial charge in [-0.05, 0) is 25.5 Å². The van der Waals surface area contributed by atoms with E-state index in [-0.39, 0.29) is 17.9 Å². The molecule has 5 heteroatoms. The Labute approximate surface area is 117 Å². The number of hydrogen-bond acceptors (Lipinski definition) is 4. The quantitative estimate of drug-likeness (QED) is 0.898. The first-order valence-corrected chi connectivity index (χ1v) is 6.84. The van der Waals surface area contributed by atoms with Crippen molar-refractivity contribution < 1.29 is 9.90 Å². The van der Waals surface area contributed by atoms with Crippen molar-refractivity contribution in [3.05, 3.63) is 36.2 Å². The van der Waals surface area contributed by atoms with E-state index in [4.69, 9.17) is 0 Å². The molecule has 1 aromatic carbocycles. The van der Waals surface area contributed by atoms with Gasteiger partial charge in [0.2, 0.25) is 0 Å². The van der Waals surface area contributed by atoms with Gasteiger partial charge in [0.1, 0.15) is 5.52 Å². The van der Waals surface area contributed by atoms with Crippen molar-refractivity contribution in [3.8, 4) is 0 Å². The van der Waals surface area contributed by atoms with Crippen LogP contribution in [0.2, 0.25) is 0 Å². The highest BCUT2D eigenvalue weighted by atomic mass is 16.3. The number of para-hydroxylation sites is 1. The summed E-state index contributed by atoms with van der Waals surface area (Å²) in [5.41, 5.74) is 1.95. The van der Waals surface area contributed by atoms with Crippen LogP contribution < -0.4 is 0 Å². The van der Waals surface area contributed by atoms with E-state index in [1.165, 1.54) is 0 Å². The van der Waals surface area contributed by atoms with Gasteiger partial charge >= 0.3 is 0 Å². The summed E-state index contributed by atoms with van der Waals surface area (Å²) >= 11 is 0. The first-order valence-electron chi connectivity index (χ1n) is 6.84. The zero-order valence-electron chi connectivity index (χ0n) is 11.4. The Morgan fingerprint density at radius 1 is 1.40 bits per heavy atom. The van der Waals surface area contributed by atoms with Crippen LogP contribution in [0.1, 0.15) is 23.7 Å². The highest BCUT2D eigenvalue weighted by Crippen LogP contribution is 2.23. The third kappa shape index (κ3) is 2.25. The lowest BCUT2D eigenvalue weighted by atomic mass is 10.0. The number of amides is 1. The Kier molecular flexibility index (Phi) is 3.36. The van der Waals surface area contributed by atoms with Gasteiger partial charge < -0.3 is 10.0 Å². The lowest BCUT2D eigenvalue weighted by Gasteiger charge is -2.18. The molecule has 2 aromatic rings. The number of carbonyl (C=O) groups excluding carboxylic acids is 1. The van der Waals surface area contributed by atoms with Crippen LogP contribution in [0, 0.1) is 5.92 Å². The lowest BCUT2D eigenvalue weighted by molar-refractivity contribution is 0.0764. The normalized spacial score (nSPS) is 20.3. The van der Waals surface area contributed by atoms with Crippen LogP contribution in [0.5, 0.6) is 0 Å². The Balaban J connectivity index is 1.90. The maximum absolute atomic E-state index is 12.6. The summed E-state index contributed by atoms with van der Waals surface area (Å²) in [6.45, 7) is 3.07. The number of aliphatic hydroxyl groups excluding tert-OH is 1. The third-order valence-electron chi connectivity index (χ3n) is 3.92. The third-order valence-corrected chi connectivity index (χ3v) is 3.92. The zero-order valence-corrected chi connectivity index (χ0v) is 11.4. The molecular formula is C15H17N3O2. The van der Waals surface area contributed by atoms with Crippen LogP contribution in [0.15, 0.2) is 30.6 Å². The summed E-state index contributed by atoms with van der Waals surface area (Å²) in [4.78, 5) is 22.9. The van der Waals surface area contributed by atoms with E-state index in [1.54, 1.807) is 30.3 Å². The van der Waals surface area contributed by atoms with Gasteiger partial charge in [-0.1, -0.05) is 6.07 Å². The Morgan fingerprint density at radius 2 is 2.20 bits per heavy atom. The maximum atomic E-state index is 12.6. The smallest absolute Gasteiger partial charge is 0.256 e. The number of fused-ring (bicyclic) bond motifs is 1. The number of aliphatic hydroxyl groups is 1. The van der Waals surface area contributed by atoms with Crippen LogP contribution in [0.4, 0.5) is 0 Å². The predicted octanol–water partition coefficient (Wildman–Crippen LogP) is 1.47. The van der Waals surface area contributed by atoms with E-state index in [0.717, 1.165) is 11.9 Å². The van der Waals surface area contributed by atoms with Crippen LogP contribution >= 0.6 is 0 Å². The molecular weight excluding hydrogens is 254 g/mol. The van der Waals surface area contributed by atoms with Gasteiger partial charge in [-0.3, -0.25) is 14.8 Å². The highest BCUT2D eigenvalue weighted by molar-refractivity contribution is 6.04. The molecule has 1 N–H and O–H groups in total. The Bertz CT molecular complexity index is 637. The van der Waals surface area contributed by atoms with Crippen molar-refractivity contribution in [1.82, 2.24) is 14.9 Å². The van der Waals surface area contributed by atoms with Gasteiger partial charge in [0.05, 0.1) is 17.2 Å². The van der Waals surface area contributed by atoms with Crippen LogP contribution in [-0.2, 0) is 0 Å². The molecule has 3 rings (SSSR count). The summed E-state index contributed by atoms with van der Waals surface area (Å²) < 4.78 is 0. The molecule has 2 unspecified atom stereocenters. The number of carbonyl (C=O) groups is 1. The number of rotatable bonds is 2. The fraction of sp³-hybridized carbons (Fsp3) is 0.400. The SMILES string of the molecule is CC(O)C1CCN(C(=O)c2cccc3nccnc23)C1. The van der Waals surface area contributed by atoms with Crippen molar-refractivity contribution in [2.75, 3.05) is 13.1 Å². The molecule has 1 fully saturated rings. The summed E-state index contributed by atoms with van der Waals surface area (Å²) in [5.74, 6) is 0.138. The average molecular weight is 271 g/mol. The minimum absolute atomic E-state index is 0.0285. The van der Waals surface area contributed by atoms with Crippen LogP contribution in [-0.4, -0.2) is 45.1 Å². The first kappa shape index (κ1) is 13.0. The molecule has 1 saturated heterocycles. The molecule has 1 amide bonds. The first-order chi connectivity index (χ1) is 9.66. The van der Waals surface area contributed by atoms with Crippen molar-refractivity contribution in [1.29, 1.82) is 0 Å². The molecule has 0 saturated carbocycles. The second-order valence-electron chi connectivity index (χ2n) is 5.27. The lowest BCUT2D eigenvalue weighted by Crippen LogP contribution is -2.30. The van der Waals surface area contributed by atoms with E-state index in [2.05, 4.69) is 9.97 Å². The van der Waals surface area contributed by atoms with E-state index in [1.807, 2.05) is 12.1 Å². The van der Waals surface area contributed by atoms with Crippen molar-refractivity contribution in [2.45, 2.75) is 19.4 Å². The fourth-order valence-electron chi connectivity index (χ4n) is 2.70. The molecule has 0 radical (unpaired) electrons. The topological polar surface area (TPSA) is 66.3 Å². The van der Waals surface area contributed by atoms with Crippen molar-refractivity contribution in [2.24, 2.45) is 5.92 Å². The second-order valence-corrected chi connectivity index (χ2v) is 5.27. The van der Waals surface area contributed by atoms with Crippen molar-refractivity contribution >= 4 is 16.9 Å². The molecule has 2 atom stereocenters. The molecule has 1 aliphatic rings. The molecule has 0 bridgehead atoms. The summed E-state index contributed by atoms with van der Waals surface area (Å²) in [6, 6.07) is 5.46. The standard InChI is InChI=1S/C15H17N3O2/c1-10(19)11-5-8-18(9-11)15(20)12-3-2-4-13-14(12)17-7-6-16-13/h2-4,6-7,10-11,19H,5,8-9H2,1H3. The molecule has 0 aliphatic carbocycles. The van der Waals surface area contributed by atoms with Gasteiger partial charge in [0, 0.05) is 31.4 Å². The molecule has 1 aliphatic heterocycles.